The van der Waals surface area contributed by atoms with Gasteiger partial charge in [0.15, 0.2) is 5.78 Å². The summed E-state index contributed by atoms with van der Waals surface area (Å²) in [5, 5.41) is 8.39. The van der Waals surface area contributed by atoms with Crippen LogP contribution in [0.25, 0.3) is 0 Å². The van der Waals surface area contributed by atoms with Crippen LogP contribution in [0.5, 0.6) is 0 Å². The highest BCUT2D eigenvalue weighted by Crippen LogP contribution is 2.37. The number of ketones is 1. The topological polar surface area (TPSA) is 59.8 Å². The smallest absolute Gasteiger partial charge is 0.210 e. The van der Waals surface area contributed by atoms with E-state index in [1.165, 1.54) is 11.8 Å². The Balaban J connectivity index is 1.74. The number of aromatic nitrogens is 3. The molecule has 5 nitrogen and oxygen atoms in total. The van der Waals surface area contributed by atoms with Crippen molar-refractivity contribution in [1.82, 2.24) is 14.9 Å². The molecule has 6 heteroatoms. The normalized spacial score (nSPS) is 19.7. The minimum absolute atomic E-state index is 0.0891. The number of hydrogen-bond donors (Lipinski definition) is 1. The summed E-state index contributed by atoms with van der Waals surface area (Å²) in [7, 11) is 0. The van der Waals surface area contributed by atoms with Gasteiger partial charge >= 0.3 is 0 Å². The number of carbonyl (C=O) groups excluding carboxylic acids is 1. The number of carbonyl (C=O) groups is 1. The van der Waals surface area contributed by atoms with Gasteiger partial charge in [-0.3, -0.25) is 4.79 Å². The van der Waals surface area contributed by atoms with Gasteiger partial charge in [0, 0.05) is 5.56 Å². The first-order valence-electron chi connectivity index (χ1n) is 7.30. The number of nitrogens with zero attached hydrogens (tertiary/aromatic N) is 3. The van der Waals surface area contributed by atoms with Crippen molar-refractivity contribution in [3.05, 3.63) is 78.1 Å². The lowest BCUT2D eigenvalue weighted by Gasteiger charge is -2.32. The van der Waals surface area contributed by atoms with Gasteiger partial charge in [0.25, 0.3) is 0 Å². The largest absolute Gasteiger partial charge is 0.313 e. The molecule has 0 bridgehead atoms. The maximum Gasteiger partial charge on any atom is 0.210 e. The molecule has 4 rings (SSSR count). The fourth-order valence-corrected chi connectivity index (χ4v) is 3.81. The minimum Gasteiger partial charge on any atom is -0.313 e. The third-order valence-corrected chi connectivity index (χ3v) is 5.03. The van der Waals surface area contributed by atoms with Gasteiger partial charge in [0.1, 0.15) is 11.6 Å². The third-order valence-electron chi connectivity index (χ3n) is 3.81. The summed E-state index contributed by atoms with van der Waals surface area (Å²) in [4.78, 5) is 13.0. The molecule has 0 saturated heterocycles. The van der Waals surface area contributed by atoms with E-state index < -0.39 is 0 Å². The van der Waals surface area contributed by atoms with Crippen molar-refractivity contribution < 1.29 is 4.79 Å². The monoisotopic (exact) mass is 322 g/mol. The molecule has 3 aromatic rings. The quantitative estimate of drug-likeness (QED) is 0.751. The van der Waals surface area contributed by atoms with Crippen LogP contribution in [0.4, 0.5) is 0 Å². The van der Waals surface area contributed by atoms with E-state index in [9.17, 15) is 4.79 Å². The lowest BCUT2D eigenvalue weighted by atomic mass is 9.97. The maximum atomic E-state index is 13.0. The molecule has 0 fully saturated rings. The van der Waals surface area contributed by atoms with Crippen molar-refractivity contribution in [2.45, 2.75) is 16.4 Å². The molecular formula is C17H14N4OS. The summed E-state index contributed by atoms with van der Waals surface area (Å²) in [6.45, 7) is 0. The summed E-state index contributed by atoms with van der Waals surface area (Å²) < 4.78 is 1.77. The molecule has 0 amide bonds. The molecule has 1 aliphatic rings. The standard InChI is InChI=1S/C17H14N4OS/c22-15(13-9-5-2-6-10-13)16-14(12-7-3-1-4-8-12)20-21-11-18-19-17(21)23-16/h1-11,14,16,20H/t14-,16-/m1/s1. The fourth-order valence-electron chi connectivity index (χ4n) is 2.67. The predicted molar refractivity (Wildman–Crippen MR) is 89.0 cm³/mol. The summed E-state index contributed by atoms with van der Waals surface area (Å²) in [6, 6.07) is 19.2. The number of benzene rings is 2. The maximum absolute atomic E-state index is 13.0. The van der Waals surface area contributed by atoms with Gasteiger partial charge in [-0.1, -0.05) is 72.4 Å². The van der Waals surface area contributed by atoms with Crippen molar-refractivity contribution in [2.75, 3.05) is 5.43 Å². The van der Waals surface area contributed by atoms with Crippen LogP contribution in [0.15, 0.2) is 72.1 Å². The number of thioether (sulfide) groups is 1. The van der Waals surface area contributed by atoms with E-state index in [1.807, 2.05) is 60.7 Å². The van der Waals surface area contributed by atoms with Crippen molar-refractivity contribution in [2.24, 2.45) is 0 Å². The van der Waals surface area contributed by atoms with Crippen LogP contribution in [-0.2, 0) is 0 Å². The van der Waals surface area contributed by atoms with Gasteiger partial charge < -0.3 is 5.43 Å². The van der Waals surface area contributed by atoms with Crippen LogP contribution < -0.4 is 5.43 Å². The zero-order chi connectivity index (χ0) is 15.6. The van der Waals surface area contributed by atoms with Crippen molar-refractivity contribution in [3.8, 4) is 0 Å². The fraction of sp³-hybridized carbons (Fsp3) is 0.118. The molecule has 1 aliphatic heterocycles. The van der Waals surface area contributed by atoms with E-state index in [1.54, 1.807) is 11.0 Å². The Morgan fingerprint density at radius 3 is 2.48 bits per heavy atom. The lowest BCUT2D eigenvalue weighted by molar-refractivity contribution is 0.0980. The van der Waals surface area contributed by atoms with E-state index in [-0.39, 0.29) is 17.1 Å². The molecule has 2 heterocycles. The third kappa shape index (κ3) is 2.61. The molecule has 1 N–H and O–H groups in total. The summed E-state index contributed by atoms with van der Waals surface area (Å²) in [6.07, 6.45) is 1.63. The Hall–Kier alpha value is -2.60. The molecule has 0 aliphatic carbocycles. The summed E-state index contributed by atoms with van der Waals surface area (Å²) >= 11 is 1.45. The first-order chi connectivity index (χ1) is 11.3. The van der Waals surface area contributed by atoms with Crippen molar-refractivity contribution >= 4 is 17.5 Å². The van der Waals surface area contributed by atoms with Crippen LogP contribution in [0, 0.1) is 0 Å². The second kappa shape index (κ2) is 5.89. The van der Waals surface area contributed by atoms with E-state index in [0.717, 1.165) is 5.56 Å². The van der Waals surface area contributed by atoms with Crippen molar-refractivity contribution in [3.63, 3.8) is 0 Å². The molecule has 0 saturated carbocycles. The Kier molecular flexibility index (Phi) is 3.59. The van der Waals surface area contributed by atoms with Gasteiger partial charge in [-0.05, 0) is 5.56 Å². The Labute approximate surface area is 137 Å². The molecule has 0 spiro atoms. The van der Waals surface area contributed by atoms with Gasteiger partial charge in [0.2, 0.25) is 5.16 Å². The van der Waals surface area contributed by atoms with E-state index in [4.69, 9.17) is 0 Å². The summed E-state index contributed by atoms with van der Waals surface area (Å²) in [5.74, 6) is 0.0891. The minimum atomic E-state index is -0.295. The van der Waals surface area contributed by atoms with Gasteiger partial charge in [-0.15, -0.1) is 10.2 Å². The van der Waals surface area contributed by atoms with E-state index in [0.29, 0.717) is 10.7 Å². The molecule has 0 radical (unpaired) electrons. The number of rotatable bonds is 3. The number of Topliss-reactive ketones (excluding diaryl/α,β-unsaturated/α-hetero) is 1. The zero-order valence-corrected chi connectivity index (χ0v) is 13.0. The predicted octanol–water partition coefficient (Wildman–Crippen LogP) is 2.92. The second-order valence-electron chi connectivity index (χ2n) is 5.27. The molecule has 114 valence electrons. The van der Waals surface area contributed by atoms with Gasteiger partial charge in [-0.2, -0.15) is 0 Å². The van der Waals surface area contributed by atoms with Crippen LogP contribution in [0.2, 0.25) is 0 Å². The van der Waals surface area contributed by atoms with Crippen LogP contribution in [0.3, 0.4) is 0 Å². The van der Waals surface area contributed by atoms with Crippen molar-refractivity contribution in [1.29, 1.82) is 0 Å². The Morgan fingerprint density at radius 2 is 1.74 bits per heavy atom. The SMILES string of the molecule is O=C(c1ccccc1)[C@@H]1Sc2nncn2N[C@@H]1c1ccccc1. The summed E-state index contributed by atoms with van der Waals surface area (Å²) in [5.41, 5.74) is 5.12. The van der Waals surface area contributed by atoms with Crippen LogP contribution in [0.1, 0.15) is 22.0 Å². The molecule has 2 aromatic carbocycles. The molecular weight excluding hydrogens is 308 g/mol. The van der Waals surface area contributed by atoms with Crippen LogP contribution >= 0.6 is 11.8 Å². The average molecular weight is 322 g/mol. The van der Waals surface area contributed by atoms with Crippen LogP contribution in [-0.4, -0.2) is 25.9 Å². The zero-order valence-electron chi connectivity index (χ0n) is 12.2. The molecule has 2 atom stereocenters. The lowest BCUT2D eigenvalue weighted by Crippen LogP contribution is -2.38. The first-order valence-corrected chi connectivity index (χ1v) is 8.18. The van der Waals surface area contributed by atoms with Gasteiger partial charge in [-0.25, -0.2) is 4.68 Å². The van der Waals surface area contributed by atoms with E-state index in [2.05, 4.69) is 15.6 Å². The molecule has 0 unspecified atom stereocenters. The number of fused-ring (bicyclic) bond motifs is 1. The Morgan fingerprint density at radius 1 is 1.04 bits per heavy atom. The average Bonchev–Trinajstić information content (AvgIpc) is 3.09. The van der Waals surface area contributed by atoms with E-state index >= 15 is 0 Å². The second-order valence-corrected chi connectivity index (χ2v) is 6.38. The molecule has 23 heavy (non-hydrogen) atoms. The number of hydrogen-bond acceptors (Lipinski definition) is 5. The highest BCUT2D eigenvalue weighted by molar-refractivity contribution is 8.00. The highest BCUT2D eigenvalue weighted by Gasteiger charge is 2.36. The Bertz CT molecular complexity index is 819. The molecule has 1 aromatic heterocycles. The first kappa shape index (κ1) is 14.0. The highest BCUT2D eigenvalue weighted by atomic mass is 32.2. The number of nitrogens with one attached hydrogen (secondary N) is 1. The van der Waals surface area contributed by atoms with Gasteiger partial charge in [0.05, 0.1) is 6.04 Å².